The molecule has 27 heavy (non-hydrogen) atoms. The van der Waals surface area contributed by atoms with Crippen LogP contribution in [-0.4, -0.2) is 18.0 Å². The van der Waals surface area contributed by atoms with Crippen molar-refractivity contribution in [3.63, 3.8) is 0 Å². The number of nitrogens with one attached hydrogen (secondary N) is 2. The van der Waals surface area contributed by atoms with Gasteiger partial charge in [0.05, 0.1) is 30.2 Å². The highest BCUT2D eigenvalue weighted by molar-refractivity contribution is 5.92. The lowest BCUT2D eigenvalue weighted by Gasteiger charge is -2.10. The molecule has 0 spiro atoms. The molecule has 3 aromatic rings. The van der Waals surface area contributed by atoms with Gasteiger partial charge in [0.25, 0.3) is 5.91 Å². The highest BCUT2D eigenvalue weighted by Crippen LogP contribution is 2.20. The zero-order valence-corrected chi connectivity index (χ0v) is 14.8. The number of rotatable bonds is 6. The molecule has 0 saturated heterocycles. The number of aromatic nitrogens is 1. The van der Waals surface area contributed by atoms with Crippen LogP contribution in [0.5, 0.6) is 5.75 Å². The van der Waals surface area contributed by atoms with Crippen LogP contribution >= 0.6 is 0 Å². The average Bonchev–Trinajstić information content (AvgIpc) is 2.73. The lowest BCUT2D eigenvalue weighted by Crippen LogP contribution is -2.24. The van der Waals surface area contributed by atoms with Crippen LogP contribution in [0.2, 0.25) is 0 Å². The van der Waals surface area contributed by atoms with E-state index < -0.39 is 0 Å². The molecule has 6 nitrogen and oxygen atoms in total. The molecule has 134 valence electrons. The first kappa shape index (κ1) is 18.0. The molecule has 0 aliphatic rings. The van der Waals surface area contributed by atoms with Gasteiger partial charge in [-0.1, -0.05) is 30.3 Å². The van der Waals surface area contributed by atoms with Crippen molar-refractivity contribution in [1.29, 1.82) is 5.26 Å². The van der Waals surface area contributed by atoms with E-state index in [9.17, 15) is 4.79 Å². The van der Waals surface area contributed by atoms with E-state index in [4.69, 9.17) is 10.00 Å². The molecule has 0 atom stereocenters. The normalized spacial score (nSPS) is 9.93. The van der Waals surface area contributed by atoms with Gasteiger partial charge in [-0.3, -0.25) is 4.79 Å². The summed E-state index contributed by atoms with van der Waals surface area (Å²) in [7, 11) is 1.60. The first-order chi connectivity index (χ1) is 13.2. The van der Waals surface area contributed by atoms with Crippen LogP contribution < -0.4 is 15.4 Å². The van der Waals surface area contributed by atoms with Gasteiger partial charge in [0.15, 0.2) is 0 Å². The summed E-state index contributed by atoms with van der Waals surface area (Å²) in [6.45, 7) is 0.347. The van der Waals surface area contributed by atoms with Crippen molar-refractivity contribution >= 4 is 17.3 Å². The van der Waals surface area contributed by atoms with Gasteiger partial charge in [-0.15, -0.1) is 0 Å². The van der Waals surface area contributed by atoms with Crippen molar-refractivity contribution in [2.45, 2.75) is 6.54 Å². The number of carbonyl (C=O) groups excluding carboxylic acids is 1. The van der Waals surface area contributed by atoms with Crippen LogP contribution in [-0.2, 0) is 6.54 Å². The molecule has 0 bridgehead atoms. The lowest BCUT2D eigenvalue weighted by molar-refractivity contribution is 0.0945. The van der Waals surface area contributed by atoms with Gasteiger partial charge in [0, 0.05) is 12.1 Å². The third-order valence-corrected chi connectivity index (χ3v) is 3.95. The number of pyridine rings is 1. The first-order valence-corrected chi connectivity index (χ1v) is 8.33. The summed E-state index contributed by atoms with van der Waals surface area (Å²) in [5.74, 6) is 0.450. The van der Waals surface area contributed by atoms with Crippen molar-refractivity contribution in [2.75, 3.05) is 12.4 Å². The van der Waals surface area contributed by atoms with E-state index in [2.05, 4.69) is 21.7 Å². The number of benzene rings is 2. The zero-order valence-electron chi connectivity index (χ0n) is 14.8. The van der Waals surface area contributed by atoms with E-state index in [1.165, 1.54) is 0 Å². The molecule has 2 aromatic carbocycles. The zero-order chi connectivity index (χ0) is 19.1. The molecule has 0 fully saturated rings. The molecular formula is C21H18N4O2. The van der Waals surface area contributed by atoms with Gasteiger partial charge >= 0.3 is 0 Å². The van der Waals surface area contributed by atoms with Gasteiger partial charge in [0.1, 0.15) is 17.5 Å². The van der Waals surface area contributed by atoms with Gasteiger partial charge in [-0.25, -0.2) is 4.98 Å². The second-order valence-electron chi connectivity index (χ2n) is 5.71. The Hall–Kier alpha value is -3.85. The maximum absolute atomic E-state index is 12.3. The average molecular weight is 358 g/mol. The number of carbonyl (C=O) groups is 1. The molecule has 0 radical (unpaired) electrons. The molecule has 3 rings (SSSR count). The maximum Gasteiger partial charge on any atom is 0.270 e. The highest BCUT2D eigenvalue weighted by atomic mass is 16.5. The van der Waals surface area contributed by atoms with Crippen LogP contribution in [0.25, 0.3) is 0 Å². The Morgan fingerprint density at radius 3 is 2.63 bits per heavy atom. The van der Waals surface area contributed by atoms with E-state index in [0.717, 1.165) is 11.3 Å². The van der Waals surface area contributed by atoms with Crippen LogP contribution in [0.1, 0.15) is 21.6 Å². The number of ether oxygens (including phenoxy) is 1. The largest absolute Gasteiger partial charge is 0.496 e. The van der Waals surface area contributed by atoms with E-state index in [0.29, 0.717) is 29.2 Å². The van der Waals surface area contributed by atoms with Crippen LogP contribution in [0.3, 0.4) is 0 Å². The Morgan fingerprint density at radius 2 is 1.89 bits per heavy atom. The molecule has 1 heterocycles. The minimum atomic E-state index is -0.273. The molecule has 1 aromatic heterocycles. The number of nitriles is 1. The fourth-order valence-corrected chi connectivity index (χ4v) is 2.56. The van der Waals surface area contributed by atoms with E-state index in [-0.39, 0.29) is 5.91 Å². The third-order valence-electron chi connectivity index (χ3n) is 3.95. The fourth-order valence-electron chi connectivity index (χ4n) is 2.56. The summed E-state index contributed by atoms with van der Waals surface area (Å²) < 4.78 is 5.28. The predicted molar refractivity (Wildman–Crippen MR) is 103 cm³/mol. The first-order valence-electron chi connectivity index (χ1n) is 8.33. The second kappa shape index (κ2) is 8.50. The maximum atomic E-state index is 12.3. The van der Waals surface area contributed by atoms with Gasteiger partial charge in [-0.05, 0) is 30.3 Å². The number of amides is 1. The Balaban J connectivity index is 1.64. The lowest BCUT2D eigenvalue weighted by atomic mass is 10.2. The summed E-state index contributed by atoms with van der Waals surface area (Å²) in [6.07, 6.45) is 1.56. The number of hydrogen-bond donors (Lipinski definition) is 2. The molecule has 0 aliphatic heterocycles. The van der Waals surface area contributed by atoms with Crippen LogP contribution in [0.15, 0.2) is 66.9 Å². The number of methoxy groups -OCH3 is 1. The number of nitrogens with zero attached hydrogens (tertiary/aromatic N) is 2. The number of hydrogen-bond acceptors (Lipinski definition) is 5. The van der Waals surface area contributed by atoms with Crippen molar-refractivity contribution in [1.82, 2.24) is 10.3 Å². The monoisotopic (exact) mass is 358 g/mol. The van der Waals surface area contributed by atoms with Crippen LogP contribution in [0.4, 0.5) is 11.4 Å². The van der Waals surface area contributed by atoms with E-state index in [1.54, 1.807) is 37.6 Å². The minimum Gasteiger partial charge on any atom is -0.496 e. The fraction of sp³-hybridized carbons (Fsp3) is 0.0952. The van der Waals surface area contributed by atoms with E-state index >= 15 is 0 Å². The Morgan fingerprint density at radius 1 is 1.11 bits per heavy atom. The summed E-state index contributed by atoms with van der Waals surface area (Å²) in [4.78, 5) is 16.5. The smallest absolute Gasteiger partial charge is 0.270 e. The van der Waals surface area contributed by atoms with Crippen molar-refractivity contribution in [3.8, 4) is 11.8 Å². The molecule has 0 saturated carbocycles. The van der Waals surface area contributed by atoms with E-state index in [1.807, 2.05) is 36.4 Å². The van der Waals surface area contributed by atoms with Crippen molar-refractivity contribution in [2.24, 2.45) is 0 Å². The molecular weight excluding hydrogens is 340 g/mol. The molecule has 1 amide bonds. The van der Waals surface area contributed by atoms with Gasteiger partial charge in [-0.2, -0.15) is 5.26 Å². The Labute approximate surface area is 157 Å². The summed E-state index contributed by atoms with van der Waals surface area (Å²) in [6, 6.07) is 20.2. The standard InChI is InChI=1S/C21H18N4O2/c1-27-20-9-5-3-7-16(20)13-24-21(26)19-11-10-17(14-23-19)25-18-8-4-2-6-15(18)12-22/h2-11,14,25H,13H2,1H3,(H,24,26). The summed E-state index contributed by atoms with van der Waals surface area (Å²) in [5, 5.41) is 15.1. The van der Waals surface area contributed by atoms with Gasteiger partial charge in [0.2, 0.25) is 0 Å². The molecule has 2 N–H and O–H groups in total. The van der Waals surface area contributed by atoms with Crippen molar-refractivity contribution in [3.05, 3.63) is 83.7 Å². The minimum absolute atomic E-state index is 0.273. The third kappa shape index (κ3) is 4.41. The Bertz CT molecular complexity index is 978. The number of para-hydroxylation sites is 2. The predicted octanol–water partition coefficient (Wildman–Crippen LogP) is 3.64. The summed E-state index contributed by atoms with van der Waals surface area (Å²) in [5.41, 5.74) is 3.12. The molecule has 0 aliphatic carbocycles. The Kier molecular flexibility index (Phi) is 5.65. The number of anilines is 2. The molecule has 0 unspecified atom stereocenters. The quantitative estimate of drug-likeness (QED) is 0.702. The van der Waals surface area contributed by atoms with Crippen molar-refractivity contribution < 1.29 is 9.53 Å². The summed E-state index contributed by atoms with van der Waals surface area (Å²) >= 11 is 0. The topological polar surface area (TPSA) is 87.0 Å². The van der Waals surface area contributed by atoms with Gasteiger partial charge < -0.3 is 15.4 Å². The molecule has 6 heteroatoms. The highest BCUT2D eigenvalue weighted by Gasteiger charge is 2.09. The van der Waals surface area contributed by atoms with Crippen LogP contribution in [0, 0.1) is 11.3 Å². The second-order valence-corrected chi connectivity index (χ2v) is 5.71. The SMILES string of the molecule is COc1ccccc1CNC(=O)c1ccc(Nc2ccccc2C#N)cn1.